The summed E-state index contributed by atoms with van der Waals surface area (Å²) in [5.74, 6) is 1.58. The molecular weight excluding hydrogens is 287 g/mol. The van der Waals surface area contributed by atoms with Crippen LogP contribution in [0.4, 0.5) is 0 Å². The molecule has 0 radical (unpaired) electrons. The Morgan fingerprint density at radius 3 is 2.63 bits per heavy atom. The van der Waals surface area contributed by atoms with Gasteiger partial charge in [0.2, 0.25) is 0 Å². The van der Waals surface area contributed by atoms with E-state index >= 15 is 0 Å². The summed E-state index contributed by atoms with van der Waals surface area (Å²) in [7, 11) is 1.60. The zero-order valence-corrected chi connectivity index (χ0v) is 12.5. The summed E-state index contributed by atoms with van der Waals surface area (Å²) in [6.07, 6.45) is 0. The minimum absolute atomic E-state index is 0.278. The predicted octanol–water partition coefficient (Wildman–Crippen LogP) is 2.82. The molecule has 7 heteroatoms. The largest absolute Gasteiger partial charge is 0.378 e. The molecule has 2 heterocycles. The van der Waals surface area contributed by atoms with Gasteiger partial charge in [0.1, 0.15) is 11.0 Å². The average Bonchev–Trinajstić information content (AvgIpc) is 2.65. The maximum Gasteiger partial charge on any atom is 0.159 e. The van der Waals surface area contributed by atoms with Crippen molar-refractivity contribution in [1.82, 2.24) is 19.7 Å². The summed E-state index contributed by atoms with van der Waals surface area (Å²) in [6.45, 7) is 4.08. The third-order valence-corrected chi connectivity index (χ3v) is 3.24. The van der Waals surface area contributed by atoms with Gasteiger partial charge in [0, 0.05) is 24.4 Å². The van der Waals surface area contributed by atoms with Crippen molar-refractivity contribution in [3.63, 3.8) is 0 Å². The second kappa shape index (κ2) is 5.86. The topological polar surface area (TPSA) is 52.8 Å². The van der Waals surface area contributed by atoms with Gasteiger partial charge in [0.25, 0.3) is 0 Å². The molecule has 0 N–H and O–H groups in total. The monoisotopic (exact) mass is 300 g/mol. The van der Waals surface area contributed by atoms with Gasteiger partial charge in [-0.15, -0.1) is 11.6 Å². The summed E-state index contributed by atoms with van der Waals surface area (Å²) in [4.78, 5) is 8.56. The van der Waals surface area contributed by atoms with Crippen LogP contribution in [0.15, 0.2) is 6.07 Å². The number of ether oxygens (including phenoxy) is 1. The Morgan fingerprint density at radius 2 is 2.05 bits per heavy atom. The summed E-state index contributed by atoms with van der Waals surface area (Å²) in [6, 6.07) is 1.82. The van der Waals surface area contributed by atoms with Crippen LogP contribution in [0, 0.1) is 13.8 Å². The van der Waals surface area contributed by atoms with Crippen LogP contribution in [0.25, 0.3) is 5.82 Å². The van der Waals surface area contributed by atoms with Gasteiger partial charge >= 0.3 is 0 Å². The molecule has 5 nitrogen and oxygen atoms in total. The normalized spacial score (nSPS) is 11.0. The molecule has 0 bridgehead atoms. The molecule has 102 valence electrons. The highest BCUT2D eigenvalue weighted by molar-refractivity contribution is 6.31. The maximum atomic E-state index is 6.30. The van der Waals surface area contributed by atoms with Crippen molar-refractivity contribution >= 4 is 23.2 Å². The van der Waals surface area contributed by atoms with Crippen LogP contribution in [0.5, 0.6) is 0 Å². The van der Waals surface area contributed by atoms with E-state index in [0.717, 1.165) is 17.0 Å². The Balaban J connectivity index is 2.55. The average molecular weight is 301 g/mol. The van der Waals surface area contributed by atoms with Gasteiger partial charge in [0.05, 0.1) is 18.2 Å². The van der Waals surface area contributed by atoms with Gasteiger partial charge in [-0.3, -0.25) is 0 Å². The second-order valence-corrected chi connectivity index (χ2v) is 4.73. The van der Waals surface area contributed by atoms with Gasteiger partial charge in [-0.1, -0.05) is 11.6 Å². The Hall–Kier alpha value is -1.17. The predicted molar refractivity (Wildman–Crippen MR) is 73.9 cm³/mol. The maximum absolute atomic E-state index is 6.30. The van der Waals surface area contributed by atoms with E-state index in [9.17, 15) is 0 Å². The Bertz CT molecular complexity index is 577. The lowest BCUT2D eigenvalue weighted by molar-refractivity contribution is 0.180. The lowest BCUT2D eigenvalue weighted by Crippen LogP contribution is -2.04. The SMILES string of the molecule is COCc1nn(-c2cc(C)nc(C)n2)c(Cl)c1CCl. The summed E-state index contributed by atoms with van der Waals surface area (Å²) in [5, 5.41) is 4.87. The first-order chi connectivity index (χ1) is 9.06. The quantitative estimate of drug-likeness (QED) is 0.815. The molecule has 0 aliphatic carbocycles. The molecule has 2 aromatic rings. The van der Waals surface area contributed by atoms with E-state index in [1.54, 1.807) is 11.8 Å². The van der Waals surface area contributed by atoms with E-state index in [1.165, 1.54) is 0 Å². The van der Waals surface area contributed by atoms with E-state index in [-0.39, 0.29) is 5.88 Å². The summed E-state index contributed by atoms with van der Waals surface area (Å²) >= 11 is 12.2. The molecule has 0 aliphatic rings. The molecule has 0 saturated heterocycles. The van der Waals surface area contributed by atoms with Crippen LogP contribution >= 0.6 is 23.2 Å². The van der Waals surface area contributed by atoms with Crippen molar-refractivity contribution in [1.29, 1.82) is 0 Å². The van der Waals surface area contributed by atoms with E-state index in [1.807, 2.05) is 19.9 Å². The van der Waals surface area contributed by atoms with Crippen LogP contribution in [0.1, 0.15) is 22.8 Å². The zero-order chi connectivity index (χ0) is 14.0. The number of hydrogen-bond acceptors (Lipinski definition) is 4. The van der Waals surface area contributed by atoms with Gasteiger partial charge in [0.15, 0.2) is 5.82 Å². The molecule has 0 aromatic carbocycles. The smallest absolute Gasteiger partial charge is 0.159 e. The van der Waals surface area contributed by atoms with Crippen LogP contribution in [0.3, 0.4) is 0 Å². The summed E-state index contributed by atoms with van der Waals surface area (Å²) in [5.41, 5.74) is 2.34. The molecule has 2 aromatic heterocycles. The fraction of sp³-hybridized carbons (Fsp3) is 0.417. The van der Waals surface area contributed by atoms with Crippen LogP contribution in [-0.2, 0) is 17.2 Å². The number of alkyl halides is 1. The van der Waals surface area contributed by atoms with Crippen LogP contribution in [-0.4, -0.2) is 26.9 Å². The van der Waals surface area contributed by atoms with Crippen molar-refractivity contribution in [3.8, 4) is 5.82 Å². The highest BCUT2D eigenvalue weighted by Gasteiger charge is 2.17. The standard InChI is InChI=1S/C12H14Cl2N4O/c1-7-4-11(16-8(2)15-7)18-12(14)9(5-13)10(17-18)6-19-3/h4H,5-6H2,1-3H3. The van der Waals surface area contributed by atoms with Gasteiger partial charge < -0.3 is 4.74 Å². The van der Waals surface area contributed by atoms with Crippen LogP contribution in [0.2, 0.25) is 5.15 Å². The number of methoxy groups -OCH3 is 1. The van der Waals surface area contributed by atoms with Crippen molar-refractivity contribution in [2.75, 3.05) is 7.11 Å². The second-order valence-electron chi connectivity index (χ2n) is 4.11. The lowest BCUT2D eigenvalue weighted by Gasteiger charge is -2.04. The minimum atomic E-state index is 0.278. The molecule has 0 unspecified atom stereocenters. The first kappa shape index (κ1) is 14.2. The third kappa shape index (κ3) is 2.88. The van der Waals surface area contributed by atoms with Crippen LogP contribution < -0.4 is 0 Å². The molecule has 0 saturated carbocycles. The van der Waals surface area contributed by atoms with Crippen molar-refractivity contribution in [3.05, 3.63) is 34.0 Å². The molecule has 0 spiro atoms. The highest BCUT2D eigenvalue weighted by atomic mass is 35.5. The van der Waals surface area contributed by atoms with Crippen molar-refractivity contribution in [2.45, 2.75) is 26.3 Å². The number of hydrogen-bond donors (Lipinski definition) is 0. The fourth-order valence-electron chi connectivity index (χ4n) is 1.81. The number of halogens is 2. The Labute approximate surface area is 121 Å². The Kier molecular flexibility index (Phi) is 4.39. The van der Waals surface area contributed by atoms with E-state index in [2.05, 4.69) is 15.1 Å². The molecule has 19 heavy (non-hydrogen) atoms. The van der Waals surface area contributed by atoms with Crippen molar-refractivity contribution in [2.24, 2.45) is 0 Å². The number of rotatable bonds is 4. The Morgan fingerprint density at radius 1 is 1.32 bits per heavy atom. The number of nitrogens with zero attached hydrogens (tertiary/aromatic N) is 4. The fourth-order valence-corrected chi connectivity index (χ4v) is 2.46. The van der Waals surface area contributed by atoms with Crippen molar-refractivity contribution < 1.29 is 4.74 Å². The lowest BCUT2D eigenvalue weighted by atomic mass is 10.3. The summed E-state index contributed by atoms with van der Waals surface area (Å²) < 4.78 is 6.66. The molecule has 2 rings (SSSR count). The highest BCUT2D eigenvalue weighted by Crippen LogP contribution is 2.25. The number of aryl methyl sites for hydroxylation is 2. The molecule has 0 amide bonds. The van der Waals surface area contributed by atoms with Gasteiger partial charge in [-0.25, -0.2) is 14.6 Å². The van der Waals surface area contributed by atoms with Gasteiger partial charge in [-0.2, -0.15) is 5.10 Å². The van der Waals surface area contributed by atoms with E-state index in [0.29, 0.717) is 23.4 Å². The molecule has 0 aliphatic heterocycles. The molecule has 0 atom stereocenters. The molecule has 0 fully saturated rings. The minimum Gasteiger partial charge on any atom is -0.378 e. The molecular formula is C12H14Cl2N4O. The van der Waals surface area contributed by atoms with Gasteiger partial charge in [-0.05, 0) is 13.8 Å². The first-order valence-corrected chi connectivity index (χ1v) is 6.62. The number of aromatic nitrogens is 4. The zero-order valence-electron chi connectivity index (χ0n) is 10.9. The third-order valence-electron chi connectivity index (χ3n) is 2.59. The first-order valence-electron chi connectivity index (χ1n) is 5.70. The van der Waals surface area contributed by atoms with E-state index in [4.69, 9.17) is 27.9 Å². The van der Waals surface area contributed by atoms with E-state index < -0.39 is 0 Å².